The third kappa shape index (κ3) is 5.28. The van der Waals surface area contributed by atoms with E-state index in [1.54, 1.807) is 36.4 Å². The molecule has 4 heterocycles. The molecule has 14 nitrogen and oxygen atoms in total. The molecule has 260 valence electrons. The maximum absolute atomic E-state index is 14.7. The first-order chi connectivity index (χ1) is 22.7. The lowest BCUT2D eigenvalue weighted by molar-refractivity contribution is -0.228. The fraction of sp³-hybridized carbons (Fsp3) is 0.529. The normalized spacial score (nSPS) is 35.2. The van der Waals surface area contributed by atoms with Crippen molar-refractivity contribution in [3.63, 3.8) is 0 Å². The fourth-order valence-electron chi connectivity index (χ4n) is 6.92. The molecule has 0 bridgehead atoms. The van der Waals surface area contributed by atoms with Crippen molar-refractivity contribution in [1.82, 2.24) is 0 Å². The Balaban J connectivity index is 1.57. The van der Waals surface area contributed by atoms with Crippen molar-refractivity contribution in [1.29, 1.82) is 0 Å². The Bertz CT molecular complexity index is 1510. The lowest BCUT2D eigenvalue weighted by Crippen LogP contribution is -2.64. The number of benzene rings is 2. The first-order valence-corrected chi connectivity index (χ1v) is 16.0. The van der Waals surface area contributed by atoms with Gasteiger partial charge in [-0.1, -0.05) is 39.8 Å². The first kappa shape index (κ1) is 34.6. The minimum atomic E-state index is -1.79. The van der Waals surface area contributed by atoms with Gasteiger partial charge in [0.05, 0.1) is 35.7 Å². The summed E-state index contributed by atoms with van der Waals surface area (Å²) in [6, 6.07) is 10.3. The van der Waals surface area contributed by atoms with Gasteiger partial charge in [-0.15, -0.1) is 0 Å². The van der Waals surface area contributed by atoms with E-state index < -0.39 is 86.3 Å². The van der Waals surface area contributed by atoms with Crippen molar-refractivity contribution >= 4 is 34.3 Å². The van der Waals surface area contributed by atoms with Crippen LogP contribution < -0.4 is 9.80 Å². The lowest BCUT2D eigenvalue weighted by atomic mass is 9.91. The number of amides is 2. The summed E-state index contributed by atoms with van der Waals surface area (Å²) in [5.41, 5.74) is 2.65. The number of anilines is 2. The number of rotatable bonds is 6. The van der Waals surface area contributed by atoms with Gasteiger partial charge in [0, 0.05) is 11.1 Å². The molecule has 8 N–H and O–H groups in total. The monoisotopic (exact) mass is 670 g/mol. The van der Waals surface area contributed by atoms with Gasteiger partial charge in [-0.3, -0.25) is 19.4 Å². The maximum atomic E-state index is 14.7. The number of hydrogen-bond acceptors (Lipinski definition) is 12. The molecule has 0 saturated carbocycles. The molecular weight excluding hydrogens is 628 g/mol. The first-order valence-electron chi connectivity index (χ1n) is 16.0. The summed E-state index contributed by atoms with van der Waals surface area (Å²) in [7, 11) is 0. The van der Waals surface area contributed by atoms with Gasteiger partial charge in [0.25, 0.3) is 11.8 Å². The molecule has 0 spiro atoms. The minimum absolute atomic E-state index is 0.00249. The third-order valence-electron chi connectivity index (χ3n) is 9.79. The Labute approximate surface area is 276 Å². The summed E-state index contributed by atoms with van der Waals surface area (Å²) in [4.78, 5) is 31.6. The number of aliphatic hydroxyl groups excluding tert-OH is 8. The van der Waals surface area contributed by atoms with Crippen LogP contribution in [-0.4, -0.2) is 127 Å². The number of aliphatic hydroxyl groups is 8. The summed E-state index contributed by atoms with van der Waals surface area (Å²) in [5.74, 6) is -1.53. The van der Waals surface area contributed by atoms with Crippen LogP contribution in [-0.2, 0) is 19.1 Å². The Morgan fingerprint density at radius 3 is 1.25 bits per heavy atom. The number of nitrogens with zero attached hydrogens (tertiary/aromatic N) is 2. The molecule has 2 aromatic rings. The second-order valence-corrected chi connectivity index (χ2v) is 13.4. The summed E-state index contributed by atoms with van der Waals surface area (Å²) >= 11 is 0. The second kappa shape index (κ2) is 12.9. The molecular formula is C34H42N2O12. The Morgan fingerprint density at radius 2 is 0.938 bits per heavy atom. The van der Waals surface area contributed by atoms with Gasteiger partial charge in [0.1, 0.15) is 48.8 Å². The lowest BCUT2D eigenvalue weighted by Gasteiger charge is -2.43. The van der Waals surface area contributed by atoms with Crippen LogP contribution >= 0.6 is 0 Å². The smallest absolute Gasteiger partial charge is 0.262 e. The van der Waals surface area contributed by atoms with Crippen LogP contribution in [0.3, 0.4) is 0 Å². The van der Waals surface area contributed by atoms with Crippen molar-refractivity contribution in [2.75, 3.05) is 23.0 Å². The average Bonchev–Trinajstić information content (AvgIpc) is 3.50. The van der Waals surface area contributed by atoms with Crippen LogP contribution in [0.5, 0.6) is 0 Å². The van der Waals surface area contributed by atoms with E-state index in [1.807, 2.05) is 27.7 Å². The zero-order chi connectivity index (χ0) is 34.9. The Morgan fingerprint density at radius 1 is 0.583 bits per heavy atom. The zero-order valence-corrected chi connectivity index (χ0v) is 26.9. The SMILES string of the molecule is CC(C)c1ccc2c(c1)/C(=C1/C(=O)N([C@@H]3O[C@H](CO)[C@@H](O)[C@H](O)[C@@H]3O)c3ccc(C(C)C)cc31)C(=O)N2[C@@H]1O[C@H](CO)[C@@H](O)[C@H](O)[C@@H]1O. The molecule has 2 amide bonds. The van der Waals surface area contributed by atoms with E-state index in [1.165, 1.54) is 0 Å². The fourth-order valence-corrected chi connectivity index (χ4v) is 6.92. The van der Waals surface area contributed by atoms with Gasteiger partial charge in [-0.25, -0.2) is 0 Å². The minimum Gasteiger partial charge on any atom is -0.394 e. The van der Waals surface area contributed by atoms with Crippen molar-refractivity contribution in [3.8, 4) is 0 Å². The third-order valence-corrected chi connectivity index (χ3v) is 9.79. The highest BCUT2D eigenvalue weighted by molar-refractivity contribution is 6.50. The van der Waals surface area contributed by atoms with Crippen molar-refractivity contribution in [2.45, 2.75) is 101 Å². The standard InChI is InChI=1S/C34H42N2O12/c1-13(2)15-5-7-19-17(9-15)23(31(45)35(19)33-29(43)27(41)25(39)21(11-37)47-33)24-18-10-16(14(3)4)6-8-20(18)36(32(24)46)34-30(44)28(42)26(40)22(12-38)48-34/h5-10,13-14,21-22,25-30,33-34,37-44H,11-12H2,1-4H3/b24-23-/t21-,22-,25-,26-,27+,28+,29+,30+,33-,34-/m1/s1. The maximum Gasteiger partial charge on any atom is 0.262 e. The van der Waals surface area contributed by atoms with E-state index in [9.17, 15) is 50.4 Å². The number of hydrogen-bond donors (Lipinski definition) is 8. The van der Waals surface area contributed by atoms with Crippen molar-refractivity contribution in [2.24, 2.45) is 0 Å². The molecule has 2 aromatic carbocycles. The molecule has 0 aromatic heterocycles. The van der Waals surface area contributed by atoms with Gasteiger partial charge < -0.3 is 50.3 Å². The highest BCUT2D eigenvalue weighted by Crippen LogP contribution is 2.50. The average molecular weight is 671 g/mol. The van der Waals surface area contributed by atoms with E-state index in [2.05, 4.69) is 0 Å². The quantitative estimate of drug-likeness (QED) is 0.176. The molecule has 2 saturated heterocycles. The van der Waals surface area contributed by atoms with E-state index in [0.29, 0.717) is 11.1 Å². The molecule has 6 rings (SSSR count). The summed E-state index contributed by atoms with van der Waals surface area (Å²) in [6.45, 7) is 6.38. The van der Waals surface area contributed by atoms with Crippen LogP contribution in [0.25, 0.3) is 11.1 Å². The molecule has 0 aliphatic carbocycles. The van der Waals surface area contributed by atoms with Crippen LogP contribution in [0.4, 0.5) is 11.4 Å². The number of fused-ring (bicyclic) bond motifs is 2. The largest absolute Gasteiger partial charge is 0.394 e. The van der Waals surface area contributed by atoms with Crippen molar-refractivity contribution in [3.05, 3.63) is 58.7 Å². The van der Waals surface area contributed by atoms with Crippen LogP contribution in [0.1, 0.15) is 61.8 Å². The van der Waals surface area contributed by atoms with E-state index in [0.717, 1.165) is 20.9 Å². The molecule has 0 unspecified atom stereocenters. The summed E-state index contributed by atoms with van der Waals surface area (Å²) in [5, 5.41) is 83.8. The van der Waals surface area contributed by atoms with E-state index >= 15 is 0 Å². The molecule has 4 aliphatic heterocycles. The Hall–Kier alpha value is -3.28. The number of carbonyl (C=O) groups excluding carboxylic acids is 2. The zero-order valence-electron chi connectivity index (χ0n) is 26.9. The molecule has 2 fully saturated rings. The van der Waals surface area contributed by atoms with Gasteiger partial charge in [0.15, 0.2) is 12.5 Å². The van der Waals surface area contributed by atoms with E-state index in [4.69, 9.17) is 9.47 Å². The summed E-state index contributed by atoms with van der Waals surface area (Å²) in [6.07, 6.45) is -16.2. The van der Waals surface area contributed by atoms with Crippen LogP contribution in [0.15, 0.2) is 36.4 Å². The molecule has 10 atom stereocenters. The molecule has 14 heteroatoms. The Kier molecular flexibility index (Phi) is 9.28. The topological polar surface area (TPSA) is 221 Å². The van der Waals surface area contributed by atoms with E-state index in [-0.39, 0.29) is 34.4 Å². The van der Waals surface area contributed by atoms with Gasteiger partial charge in [-0.05, 0) is 47.2 Å². The van der Waals surface area contributed by atoms with Crippen molar-refractivity contribution < 1.29 is 59.9 Å². The van der Waals surface area contributed by atoms with Crippen LogP contribution in [0.2, 0.25) is 0 Å². The molecule has 0 radical (unpaired) electrons. The highest BCUT2D eigenvalue weighted by atomic mass is 16.6. The second-order valence-electron chi connectivity index (χ2n) is 13.4. The highest BCUT2D eigenvalue weighted by Gasteiger charge is 2.54. The predicted molar refractivity (Wildman–Crippen MR) is 170 cm³/mol. The van der Waals surface area contributed by atoms with Gasteiger partial charge >= 0.3 is 0 Å². The number of carbonyl (C=O) groups is 2. The number of ether oxygens (including phenoxy) is 2. The summed E-state index contributed by atoms with van der Waals surface area (Å²) < 4.78 is 11.6. The molecule has 4 aliphatic rings. The van der Waals surface area contributed by atoms with Crippen LogP contribution in [0, 0.1) is 0 Å². The predicted octanol–water partition coefficient (Wildman–Crippen LogP) is -0.863. The van der Waals surface area contributed by atoms with Gasteiger partial charge in [0.2, 0.25) is 0 Å². The molecule has 48 heavy (non-hydrogen) atoms. The van der Waals surface area contributed by atoms with Gasteiger partial charge in [-0.2, -0.15) is 0 Å².